The van der Waals surface area contributed by atoms with Crippen molar-refractivity contribution in [3.05, 3.63) is 75.7 Å². The molecule has 0 fully saturated rings. The number of nitrogens with one attached hydrogen (secondary N) is 1. The van der Waals surface area contributed by atoms with Gasteiger partial charge in [-0.2, -0.15) is 9.94 Å². The van der Waals surface area contributed by atoms with Gasteiger partial charge in [0.1, 0.15) is 18.4 Å². The van der Waals surface area contributed by atoms with Gasteiger partial charge in [-0.3, -0.25) is 4.57 Å². The molecule has 8 heteroatoms. The van der Waals surface area contributed by atoms with Gasteiger partial charge in [0.15, 0.2) is 11.6 Å². The molecule has 0 radical (unpaired) electrons. The highest BCUT2D eigenvalue weighted by Gasteiger charge is 2.19. The average molecular weight is 409 g/mol. The lowest BCUT2D eigenvalue weighted by Gasteiger charge is -2.13. The van der Waals surface area contributed by atoms with Gasteiger partial charge < -0.3 is 10.1 Å². The molecule has 1 heterocycles. The van der Waals surface area contributed by atoms with E-state index in [-0.39, 0.29) is 23.9 Å². The number of benzene rings is 2. The van der Waals surface area contributed by atoms with E-state index in [9.17, 15) is 14.4 Å². The molecular weight excluding hydrogens is 385 g/mol. The summed E-state index contributed by atoms with van der Waals surface area (Å²) in [5.74, 6) is -0.291. The summed E-state index contributed by atoms with van der Waals surface area (Å²) >= 11 is 0. The molecule has 2 aromatic carbocycles. The first kappa shape index (κ1) is 21.3. The zero-order valence-electron chi connectivity index (χ0n) is 17.2. The SMILES string of the molecule is CCn1c(COCc2ccccc2)nn(-c2cc(NC(C)C)c(C#N)cc2F)c1=O. The van der Waals surface area contributed by atoms with E-state index < -0.39 is 11.5 Å². The van der Waals surface area contributed by atoms with E-state index in [0.717, 1.165) is 16.3 Å². The number of anilines is 1. The molecule has 1 aromatic heterocycles. The Bertz CT molecular complexity index is 1110. The molecule has 0 bridgehead atoms. The van der Waals surface area contributed by atoms with Crippen LogP contribution in [0.5, 0.6) is 0 Å². The van der Waals surface area contributed by atoms with Crippen LogP contribution in [0, 0.1) is 17.1 Å². The number of halogens is 1. The molecule has 0 unspecified atom stereocenters. The molecule has 0 amide bonds. The van der Waals surface area contributed by atoms with Crippen LogP contribution in [-0.4, -0.2) is 20.4 Å². The molecule has 0 aliphatic carbocycles. The van der Waals surface area contributed by atoms with Gasteiger partial charge in [-0.1, -0.05) is 30.3 Å². The molecule has 30 heavy (non-hydrogen) atoms. The minimum absolute atomic E-state index is 0.0151. The molecular formula is C22H24FN5O2. The monoisotopic (exact) mass is 409 g/mol. The summed E-state index contributed by atoms with van der Waals surface area (Å²) in [4.78, 5) is 12.9. The first-order valence-electron chi connectivity index (χ1n) is 9.75. The van der Waals surface area contributed by atoms with Crippen LogP contribution in [0.25, 0.3) is 5.69 Å². The van der Waals surface area contributed by atoms with Crippen LogP contribution >= 0.6 is 0 Å². The number of nitrogens with zero attached hydrogens (tertiary/aromatic N) is 4. The molecule has 7 nitrogen and oxygen atoms in total. The van der Waals surface area contributed by atoms with Crippen molar-refractivity contribution in [1.29, 1.82) is 5.26 Å². The molecule has 1 N–H and O–H groups in total. The molecule has 0 aliphatic heterocycles. The van der Waals surface area contributed by atoms with Gasteiger partial charge in [0.05, 0.1) is 17.9 Å². The molecule has 3 rings (SSSR count). The van der Waals surface area contributed by atoms with Gasteiger partial charge in [0.25, 0.3) is 0 Å². The van der Waals surface area contributed by atoms with Crippen molar-refractivity contribution in [3.8, 4) is 11.8 Å². The summed E-state index contributed by atoms with van der Waals surface area (Å²) in [6.07, 6.45) is 0. The Balaban J connectivity index is 1.93. The first-order valence-corrected chi connectivity index (χ1v) is 9.75. The standard InChI is InChI=1S/C22H24FN5O2/c1-4-27-21(14-30-13-16-8-6-5-7-9-16)26-28(22(27)29)20-11-19(25-15(2)3)17(12-24)10-18(20)23/h5-11,15,25H,4,13-14H2,1-3H3. The number of hydrogen-bond acceptors (Lipinski definition) is 5. The van der Waals surface area contributed by atoms with Crippen molar-refractivity contribution < 1.29 is 9.13 Å². The van der Waals surface area contributed by atoms with Crippen molar-refractivity contribution >= 4 is 5.69 Å². The Labute approximate surface area is 174 Å². The highest BCUT2D eigenvalue weighted by molar-refractivity contribution is 5.62. The van der Waals surface area contributed by atoms with Gasteiger partial charge in [-0.15, -0.1) is 5.10 Å². The van der Waals surface area contributed by atoms with Gasteiger partial charge in [0.2, 0.25) is 0 Å². The second-order valence-electron chi connectivity index (χ2n) is 7.09. The molecule has 0 saturated heterocycles. The minimum Gasteiger partial charge on any atom is -0.382 e. The summed E-state index contributed by atoms with van der Waals surface area (Å²) in [6, 6.07) is 14.2. The van der Waals surface area contributed by atoms with Crippen LogP contribution in [0.3, 0.4) is 0 Å². The van der Waals surface area contributed by atoms with Crippen molar-refractivity contribution in [2.45, 2.75) is 46.6 Å². The van der Waals surface area contributed by atoms with Crippen LogP contribution in [0.1, 0.15) is 37.7 Å². The molecule has 3 aromatic rings. The molecule has 0 spiro atoms. The number of aromatic nitrogens is 3. The van der Waals surface area contributed by atoms with E-state index >= 15 is 0 Å². The van der Waals surface area contributed by atoms with Crippen LogP contribution < -0.4 is 11.0 Å². The summed E-state index contributed by atoms with van der Waals surface area (Å²) < 4.78 is 22.9. The third-order valence-corrected chi connectivity index (χ3v) is 4.48. The topological polar surface area (TPSA) is 84.9 Å². The lowest BCUT2D eigenvalue weighted by Crippen LogP contribution is -2.25. The maximum absolute atomic E-state index is 14.7. The maximum atomic E-state index is 14.7. The zero-order chi connectivity index (χ0) is 21.7. The fourth-order valence-electron chi connectivity index (χ4n) is 3.10. The van der Waals surface area contributed by atoms with Gasteiger partial charge in [-0.05, 0) is 38.5 Å². The van der Waals surface area contributed by atoms with E-state index in [1.165, 1.54) is 10.6 Å². The second-order valence-corrected chi connectivity index (χ2v) is 7.09. The molecule has 0 saturated carbocycles. The lowest BCUT2D eigenvalue weighted by molar-refractivity contribution is 0.0989. The Hall–Kier alpha value is -3.44. The van der Waals surface area contributed by atoms with E-state index in [1.807, 2.05) is 57.2 Å². The lowest BCUT2D eigenvalue weighted by atomic mass is 10.1. The number of rotatable bonds is 8. The Morgan fingerprint density at radius 3 is 2.60 bits per heavy atom. The third kappa shape index (κ3) is 4.58. The largest absolute Gasteiger partial charge is 0.382 e. The smallest absolute Gasteiger partial charge is 0.350 e. The summed E-state index contributed by atoms with van der Waals surface area (Å²) in [5.41, 5.74) is 1.14. The van der Waals surface area contributed by atoms with Gasteiger partial charge in [-0.25, -0.2) is 9.18 Å². The van der Waals surface area contributed by atoms with Crippen molar-refractivity contribution in [1.82, 2.24) is 14.3 Å². The Kier molecular flexibility index (Phi) is 6.65. The quantitative estimate of drug-likeness (QED) is 0.614. The summed E-state index contributed by atoms with van der Waals surface area (Å²) in [6.45, 7) is 6.49. The Morgan fingerprint density at radius 2 is 1.97 bits per heavy atom. The highest BCUT2D eigenvalue weighted by atomic mass is 19.1. The van der Waals surface area contributed by atoms with Crippen molar-refractivity contribution in [2.24, 2.45) is 0 Å². The predicted octanol–water partition coefficient (Wildman–Crippen LogP) is 3.60. The number of nitriles is 1. The van der Waals surface area contributed by atoms with Gasteiger partial charge in [0, 0.05) is 12.6 Å². The molecule has 0 aliphatic rings. The highest BCUT2D eigenvalue weighted by Crippen LogP contribution is 2.23. The molecule has 156 valence electrons. The maximum Gasteiger partial charge on any atom is 0.350 e. The number of hydrogen-bond donors (Lipinski definition) is 1. The second kappa shape index (κ2) is 9.37. The summed E-state index contributed by atoms with van der Waals surface area (Å²) in [5, 5.41) is 16.7. The van der Waals surface area contributed by atoms with E-state index in [1.54, 1.807) is 0 Å². The van der Waals surface area contributed by atoms with E-state index in [4.69, 9.17) is 4.74 Å². The van der Waals surface area contributed by atoms with Crippen LogP contribution in [0.4, 0.5) is 10.1 Å². The fourth-order valence-corrected chi connectivity index (χ4v) is 3.10. The van der Waals surface area contributed by atoms with Crippen molar-refractivity contribution in [2.75, 3.05) is 5.32 Å². The predicted molar refractivity (Wildman–Crippen MR) is 112 cm³/mol. The minimum atomic E-state index is -0.694. The summed E-state index contributed by atoms with van der Waals surface area (Å²) in [7, 11) is 0. The van der Waals surface area contributed by atoms with E-state index in [2.05, 4.69) is 10.4 Å². The first-order chi connectivity index (χ1) is 14.4. The van der Waals surface area contributed by atoms with E-state index in [0.29, 0.717) is 24.7 Å². The average Bonchev–Trinajstić information content (AvgIpc) is 3.04. The zero-order valence-corrected chi connectivity index (χ0v) is 17.2. The fraction of sp³-hybridized carbons (Fsp3) is 0.318. The third-order valence-electron chi connectivity index (χ3n) is 4.48. The Morgan fingerprint density at radius 1 is 1.23 bits per heavy atom. The van der Waals surface area contributed by atoms with Crippen LogP contribution in [0.15, 0.2) is 47.3 Å². The normalized spacial score (nSPS) is 10.9. The van der Waals surface area contributed by atoms with Crippen LogP contribution in [-0.2, 0) is 24.5 Å². The number of ether oxygens (including phenoxy) is 1. The van der Waals surface area contributed by atoms with Gasteiger partial charge >= 0.3 is 5.69 Å². The molecule has 0 atom stereocenters. The van der Waals surface area contributed by atoms with Crippen molar-refractivity contribution in [3.63, 3.8) is 0 Å². The van der Waals surface area contributed by atoms with Crippen LogP contribution in [0.2, 0.25) is 0 Å².